The van der Waals surface area contributed by atoms with Gasteiger partial charge in [0.2, 0.25) is 21.8 Å². The summed E-state index contributed by atoms with van der Waals surface area (Å²) in [4.78, 5) is 61.3. The number of aromatic nitrogens is 1. The van der Waals surface area contributed by atoms with E-state index in [1.165, 1.54) is 11.0 Å². The number of pyridine rings is 1. The maximum absolute atomic E-state index is 14.6. The van der Waals surface area contributed by atoms with E-state index >= 15 is 0 Å². The van der Waals surface area contributed by atoms with Crippen molar-refractivity contribution in [3.8, 4) is 22.8 Å². The summed E-state index contributed by atoms with van der Waals surface area (Å²) in [6, 6.07) is 14.4. The number of hydrogen-bond acceptors (Lipinski definition) is 10. The lowest BCUT2D eigenvalue weighted by molar-refractivity contribution is -0.143. The molecule has 14 nitrogen and oxygen atoms in total. The molecule has 5 atom stereocenters. The highest BCUT2D eigenvalue weighted by molar-refractivity contribution is 7.89. The number of alkyl carbamates (subject to hydrolysis) is 1. The van der Waals surface area contributed by atoms with Crippen molar-refractivity contribution in [2.45, 2.75) is 83.7 Å². The van der Waals surface area contributed by atoms with Crippen LogP contribution < -0.4 is 24.8 Å². The smallest absolute Gasteiger partial charge is 0.408 e. The number of nitrogens with one attached hydrogen (secondary N) is 3. The van der Waals surface area contributed by atoms with E-state index in [0.717, 1.165) is 11.8 Å². The average molecular weight is 764 g/mol. The molecule has 2 fully saturated rings. The van der Waals surface area contributed by atoms with Gasteiger partial charge in [-0.05, 0) is 44.7 Å². The van der Waals surface area contributed by atoms with E-state index in [2.05, 4.69) is 17.2 Å². The monoisotopic (exact) mass is 763 g/mol. The van der Waals surface area contributed by atoms with E-state index in [9.17, 15) is 27.6 Å². The number of fused-ring (bicyclic) bond motifs is 1. The summed E-state index contributed by atoms with van der Waals surface area (Å²) in [5.41, 5.74) is -1.19. The number of methoxy groups -OCH3 is 1. The number of benzene rings is 2. The van der Waals surface area contributed by atoms with Crippen LogP contribution in [0.15, 0.2) is 67.3 Å². The SMILES string of the molecule is C=C[C@H]1C[C@@]1(NC(=O)[C@@H]1C[C@@H](Oc2cc(-c3ccccc3)nc3cc(OC)ccc23)CN1C(=O)[C@@H](NC(=O)OC(C)(C)C)C(C)(C)C)C(=O)NS(C)(=O)=O. The van der Waals surface area contributed by atoms with Gasteiger partial charge in [-0.2, -0.15) is 0 Å². The molecule has 1 saturated heterocycles. The number of sulfonamides is 1. The van der Waals surface area contributed by atoms with Crippen LogP contribution in [0, 0.1) is 11.3 Å². The topological polar surface area (TPSA) is 182 Å². The van der Waals surface area contributed by atoms with Gasteiger partial charge in [0.15, 0.2) is 0 Å². The summed E-state index contributed by atoms with van der Waals surface area (Å²) in [5, 5.41) is 6.13. The first-order valence-electron chi connectivity index (χ1n) is 17.6. The van der Waals surface area contributed by atoms with E-state index in [1.807, 2.05) is 41.1 Å². The molecule has 1 aromatic heterocycles. The zero-order valence-electron chi connectivity index (χ0n) is 31.9. The Hall–Kier alpha value is -5.18. The molecule has 3 N–H and O–H groups in total. The van der Waals surface area contributed by atoms with Gasteiger partial charge in [-0.1, -0.05) is 57.2 Å². The zero-order chi connectivity index (χ0) is 39.8. The molecule has 1 saturated carbocycles. The van der Waals surface area contributed by atoms with Crippen molar-refractivity contribution in [1.82, 2.24) is 25.2 Å². The Labute approximate surface area is 316 Å². The molecule has 290 valence electrons. The summed E-state index contributed by atoms with van der Waals surface area (Å²) in [5.74, 6) is -1.66. The molecule has 2 aromatic carbocycles. The molecule has 1 aliphatic carbocycles. The van der Waals surface area contributed by atoms with Crippen LogP contribution in [0.4, 0.5) is 4.79 Å². The molecule has 0 radical (unpaired) electrons. The van der Waals surface area contributed by atoms with Crippen molar-refractivity contribution in [2.75, 3.05) is 19.9 Å². The molecule has 0 unspecified atom stereocenters. The average Bonchev–Trinajstić information content (AvgIpc) is 3.64. The van der Waals surface area contributed by atoms with E-state index in [-0.39, 0.29) is 19.4 Å². The predicted molar refractivity (Wildman–Crippen MR) is 203 cm³/mol. The van der Waals surface area contributed by atoms with Gasteiger partial charge in [-0.25, -0.2) is 18.2 Å². The number of carbonyl (C=O) groups is 4. The Morgan fingerprint density at radius 1 is 1.04 bits per heavy atom. The summed E-state index contributed by atoms with van der Waals surface area (Å²) < 4.78 is 43.6. The third-order valence-electron chi connectivity index (χ3n) is 9.29. The van der Waals surface area contributed by atoms with Gasteiger partial charge in [0, 0.05) is 35.4 Å². The summed E-state index contributed by atoms with van der Waals surface area (Å²) in [6.45, 7) is 14.1. The normalized spacial score (nSPS) is 21.8. The minimum absolute atomic E-state index is 0.00401. The van der Waals surface area contributed by atoms with Crippen molar-refractivity contribution in [3.05, 3.63) is 67.3 Å². The van der Waals surface area contributed by atoms with E-state index in [4.69, 9.17) is 19.2 Å². The van der Waals surface area contributed by atoms with Crippen molar-refractivity contribution in [2.24, 2.45) is 11.3 Å². The Morgan fingerprint density at radius 3 is 2.30 bits per heavy atom. The van der Waals surface area contributed by atoms with Crippen molar-refractivity contribution >= 4 is 44.7 Å². The quantitative estimate of drug-likeness (QED) is 0.238. The van der Waals surface area contributed by atoms with Crippen molar-refractivity contribution in [1.29, 1.82) is 0 Å². The highest BCUT2D eigenvalue weighted by Gasteiger charge is 2.61. The molecule has 0 spiro atoms. The Balaban J connectivity index is 1.52. The van der Waals surface area contributed by atoms with Crippen LogP contribution >= 0.6 is 0 Å². The number of amides is 4. The molecule has 15 heteroatoms. The van der Waals surface area contributed by atoms with Crippen LogP contribution in [0.5, 0.6) is 11.5 Å². The Kier molecular flexibility index (Phi) is 11.1. The molecule has 0 bridgehead atoms. The fraction of sp³-hybridized carbons (Fsp3) is 0.462. The number of likely N-dealkylation sites (tertiary alicyclic amines) is 1. The van der Waals surface area contributed by atoms with Crippen LogP contribution in [0.1, 0.15) is 54.4 Å². The van der Waals surface area contributed by atoms with Crippen LogP contribution in [-0.2, 0) is 29.1 Å². The maximum atomic E-state index is 14.6. The molecule has 54 heavy (non-hydrogen) atoms. The fourth-order valence-corrected chi connectivity index (χ4v) is 7.07. The van der Waals surface area contributed by atoms with Gasteiger partial charge < -0.3 is 29.7 Å². The third-order valence-corrected chi connectivity index (χ3v) is 9.85. The first kappa shape index (κ1) is 40.0. The first-order valence-corrected chi connectivity index (χ1v) is 19.5. The molecular formula is C39H49N5O9S. The Bertz CT molecular complexity index is 2060. The minimum atomic E-state index is -3.95. The zero-order valence-corrected chi connectivity index (χ0v) is 32.7. The number of rotatable bonds is 11. The second kappa shape index (κ2) is 14.9. The van der Waals surface area contributed by atoms with Crippen LogP contribution in [-0.4, -0.2) is 91.4 Å². The van der Waals surface area contributed by atoms with Gasteiger partial charge in [-0.15, -0.1) is 6.58 Å². The lowest BCUT2D eigenvalue weighted by Crippen LogP contribution is -2.60. The standard InChI is InChI=1S/C39H49N5O9S/c1-10-24-21-39(24,35(47)43-54(9,49)50)42-33(45)30-19-26(22-44(30)34(46)32(37(2,3)4)41-36(48)53-38(5,6)7)52-31-20-28(23-14-12-11-13-15-23)40-29-18-25(51-8)16-17-27(29)31/h10-18,20,24,26,30,32H,1,19,21-22H2,2-9H3,(H,41,48)(H,42,45)(H,43,47)/t24-,26+,30-,32+,39-/m0/s1. The Morgan fingerprint density at radius 2 is 1.72 bits per heavy atom. The van der Waals surface area contributed by atoms with Gasteiger partial charge in [0.1, 0.15) is 40.8 Å². The van der Waals surface area contributed by atoms with Crippen molar-refractivity contribution < 1.29 is 41.8 Å². The van der Waals surface area contributed by atoms with E-state index in [1.54, 1.807) is 66.9 Å². The van der Waals surface area contributed by atoms with Gasteiger partial charge >= 0.3 is 6.09 Å². The third kappa shape index (κ3) is 9.12. The van der Waals surface area contributed by atoms with E-state index in [0.29, 0.717) is 28.1 Å². The summed E-state index contributed by atoms with van der Waals surface area (Å²) >= 11 is 0. The lowest BCUT2D eigenvalue weighted by atomic mass is 9.85. The van der Waals surface area contributed by atoms with Crippen LogP contribution in [0.3, 0.4) is 0 Å². The second-order valence-electron chi connectivity index (χ2n) is 15.9. The van der Waals surface area contributed by atoms with Crippen LogP contribution in [0.2, 0.25) is 0 Å². The van der Waals surface area contributed by atoms with Crippen molar-refractivity contribution in [3.63, 3.8) is 0 Å². The predicted octanol–water partition coefficient (Wildman–Crippen LogP) is 4.33. The summed E-state index contributed by atoms with van der Waals surface area (Å²) in [6.07, 6.45) is 0.892. The molecule has 4 amide bonds. The molecule has 2 aliphatic rings. The minimum Gasteiger partial charge on any atom is -0.497 e. The summed E-state index contributed by atoms with van der Waals surface area (Å²) in [7, 11) is -2.39. The molecular weight excluding hydrogens is 715 g/mol. The number of ether oxygens (including phenoxy) is 3. The van der Waals surface area contributed by atoms with Gasteiger partial charge in [0.05, 0.1) is 31.1 Å². The number of hydrogen-bond donors (Lipinski definition) is 3. The largest absolute Gasteiger partial charge is 0.497 e. The van der Waals surface area contributed by atoms with Gasteiger partial charge in [0.25, 0.3) is 5.91 Å². The van der Waals surface area contributed by atoms with Crippen LogP contribution in [0.25, 0.3) is 22.2 Å². The molecule has 5 rings (SSSR count). The molecule has 1 aliphatic heterocycles. The highest BCUT2D eigenvalue weighted by Crippen LogP contribution is 2.45. The van der Waals surface area contributed by atoms with E-state index < -0.39 is 74.5 Å². The second-order valence-corrected chi connectivity index (χ2v) is 17.6. The number of nitrogens with zero attached hydrogens (tertiary/aromatic N) is 2. The molecule has 2 heterocycles. The maximum Gasteiger partial charge on any atom is 0.408 e. The lowest BCUT2D eigenvalue weighted by Gasteiger charge is -2.36. The highest BCUT2D eigenvalue weighted by atomic mass is 32.2. The van der Waals surface area contributed by atoms with Gasteiger partial charge in [-0.3, -0.25) is 19.1 Å². The first-order chi connectivity index (χ1) is 25.1. The number of carbonyl (C=O) groups excluding carboxylic acids is 4. The fourth-order valence-electron chi connectivity index (χ4n) is 6.55. The molecule has 3 aromatic rings.